The Bertz CT molecular complexity index is 900. The summed E-state index contributed by atoms with van der Waals surface area (Å²) in [5.74, 6) is 0. The second-order valence-electron chi connectivity index (χ2n) is 5.13. The number of hydrogen-bond acceptors (Lipinski definition) is 2. The van der Waals surface area contributed by atoms with E-state index in [4.69, 9.17) is 11.6 Å². The molecule has 0 amide bonds. The van der Waals surface area contributed by atoms with Gasteiger partial charge in [-0.2, -0.15) is 13.2 Å². The highest BCUT2D eigenvalue weighted by molar-refractivity contribution is 9.11. The molecule has 0 fully saturated rings. The summed E-state index contributed by atoms with van der Waals surface area (Å²) in [5, 5.41) is 1.40. The molecule has 0 bridgehead atoms. The molecule has 0 aliphatic heterocycles. The molecular weight excluding hydrogens is 435 g/mol. The molecule has 128 valence electrons. The average Bonchev–Trinajstić information content (AvgIpc) is 2.94. The van der Waals surface area contributed by atoms with Crippen molar-refractivity contribution < 1.29 is 13.2 Å². The number of thiazole rings is 1. The van der Waals surface area contributed by atoms with Gasteiger partial charge in [0.15, 0.2) is 0 Å². The number of alkyl halides is 3. The molecule has 3 aromatic rings. The van der Waals surface area contributed by atoms with Crippen molar-refractivity contribution in [3.8, 4) is 11.3 Å². The quantitative estimate of drug-likeness (QED) is 0.410. The van der Waals surface area contributed by atoms with Crippen LogP contribution < -0.4 is 0 Å². The van der Waals surface area contributed by atoms with E-state index in [-0.39, 0.29) is 0 Å². The van der Waals surface area contributed by atoms with Gasteiger partial charge in [-0.25, -0.2) is 4.98 Å². The third-order valence-corrected chi connectivity index (χ3v) is 5.30. The van der Waals surface area contributed by atoms with E-state index in [1.165, 1.54) is 23.5 Å². The lowest BCUT2D eigenvalue weighted by Crippen LogP contribution is -2.03. The Morgan fingerprint density at radius 1 is 0.960 bits per heavy atom. The Morgan fingerprint density at radius 3 is 2.20 bits per heavy atom. The van der Waals surface area contributed by atoms with Crippen LogP contribution in [0.2, 0.25) is 5.02 Å². The fourth-order valence-corrected chi connectivity index (χ4v) is 3.78. The van der Waals surface area contributed by atoms with Crippen LogP contribution in [-0.4, -0.2) is 4.98 Å². The molecule has 0 unspecified atom stereocenters. The number of halogens is 5. The number of nitrogens with zero attached hydrogens (tertiary/aromatic N) is 1. The maximum Gasteiger partial charge on any atom is 0.416 e. The highest BCUT2D eigenvalue weighted by Crippen LogP contribution is 2.34. The molecule has 1 heterocycles. The first kappa shape index (κ1) is 18.2. The van der Waals surface area contributed by atoms with Gasteiger partial charge in [-0.05, 0) is 51.8 Å². The van der Waals surface area contributed by atoms with Gasteiger partial charge in [-0.3, -0.25) is 0 Å². The van der Waals surface area contributed by atoms with Crippen molar-refractivity contribution >= 4 is 51.0 Å². The van der Waals surface area contributed by atoms with Crippen molar-refractivity contribution in [3.05, 3.63) is 73.5 Å². The van der Waals surface area contributed by atoms with Crippen LogP contribution in [0, 0.1) is 0 Å². The summed E-state index contributed by atoms with van der Waals surface area (Å²) in [4.78, 5) is 4.54. The Kier molecular flexibility index (Phi) is 5.32. The van der Waals surface area contributed by atoms with Gasteiger partial charge in [0.25, 0.3) is 0 Å². The second kappa shape index (κ2) is 7.32. The van der Waals surface area contributed by atoms with Gasteiger partial charge in [0.2, 0.25) is 0 Å². The van der Waals surface area contributed by atoms with Crippen molar-refractivity contribution in [1.82, 2.24) is 4.98 Å². The standard InChI is InChI=1S/C18H10BrClF3NS/c19-17-16(12-4-8-14(20)9-5-12)24-15(25-17)10-3-11-1-6-13(7-2-11)18(21,22)23/h1-10H/b10-3+. The minimum atomic E-state index is -4.32. The Hall–Kier alpha value is -1.63. The van der Waals surface area contributed by atoms with E-state index >= 15 is 0 Å². The number of rotatable bonds is 3. The van der Waals surface area contributed by atoms with Crippen LogP contribution in [0.4, 0.5) is 13.2 Å². The molecular formula is C18H10BrClF3NS. The molecule has 0 saturated heterocycles. The van der Waals surface area contributed by atoms with Gasteiger partial charge in [0.1, 0.15) is 5.01 Å². The van der Waals surface area contributed by atoms with E-state index in [0.717, 1.165) is 32.2 Å². The Morgan fingerprint density at radius 2 is 1.60 bits per heavy atom. The smallest absolute Gasteiger partial charge is 0.235 e. The first-order valence-electron chi connectivity index (χ1n) is 7.10. The summed E-state index contributed by atoms with van der Waals surface area (Å²) in [7, 11) is 0. The van der Waals surface area contributed by atoms with Crippen LogP contribution >= 0.6 is 38.9 Å². The van der Waals surface area contributed by atoms with E-state index in [9.17, 15) is 13.2 Å². The fraction of sp³-hybridized carbons (Fsp3) is 0.0556. The zero-order valence-electron chi connectivity index (χ0n) is 12.5. The van der Waals surface area contributed by atoms with Gasteiger partial charge in [-0.15, -0.1) is 11.3 Å². The van der Waals surface area contributed by atoms with Crippen LogP contribution in [0.3, 0.4) is 0 Å². The van der Waals surface area contributed by atoms with E-state index in [1.54, 1.807) is 24.3 Å². The lowest BCUT2D eigenvalue weighted by Gasteiger charge is -2.05. The predicted octanol–water partition coefficient (Wildman–Crippen LogP) is 7.42. The molecule has 0 aliphatic carbocycles. The van der Waals surface area contributed by atoms with Crippen molar-refractivity contribution in [2.75, 3.05) is 0 Å². The first-order valence-corrected chi connectivity index (χ1v) is 9.09. The lowest BCUT2D eigenvalue weighted by atomic mass is 10.1. The number of hydrogen-bond donors (Lipinski definition) is 0. The summed E-state index contributed by atoms with van der Waals surface area (Å²) in [5.41, 5.74) is 1.74. The maximum absolute atomic E-state index is 12.6. The van der Waals surface area contributed by atoms with E-state index in [0.29, 0.717) is 10.6 Å². The van der Waals surface area contributed by atoms with Gasteiger partial charge in [0.05, 0.1) is 15.0 Å². The Balaban J connectivity index is 1.80. The largest absolute Gasteiger partial charge is 0.416 e. The molecule has 0 aliphatic rings. The van der Waals surface area contributed by atoms with E-state index in [1.807, 2.05) is 12.1 Å². The summed E-state index contributed by atoms with van der Waals surface area (Å²) >= 11 is 10.8. The fourth-order valence-electron chi connectivity index (χ4n) is 2.12. The zero-order valence-corrected chi connectivity index (χ0v) is 15.7. The van der Waals surface area contributed by atoms with Crippen molar-refractivity contribution in [3.63, 3.8) is 0 Å². The highest BCUT2D eigenvalue weighted by atomic mass is 79.9. The van der Waals surface area contributed by atoms with Crippen LogP contribution in [-0.2, 0) is 6.18 Å². The zero-order chi connectivity index (χ0) is 18.0. The molecule has 0 N–H and O–H groups in total. The van der Waals surface area contributed by atoms with Crippen LogP contribution in [0.5, 0.6) is 0 Å². The summed E-state index contributed by atoms with van der Waals surface area (Å²) in [6, 6.07) is 12.3. The SMILES string of the molecule is FC(F)(F)c1ccc(/C=C/c2nc(-c3ccc(Cl)cc3)c(Br)s2)cc1. The van der Waals surface area contributed by atoms with Crippen LogP contribution in [0.1, 0.15) is 16.1 Å². The van der Waals surface area contributed by atoms with Crippen LogP contribution in [0.15, 0.2) is 52.3 Å². The molecule has 1 nitrogen and oxygen atoms in total. The Labute approximate surface area is 159 Å². The second-order valence-corrected chi connectivity index (χ2v) is 7.92. The van der Waals surface area contributed by atoms with Crippen LogP contribution in [0.25, 0.3) is 23.4 Å². The topological polar surface area (TPSA) is 12.9 Å². The summed E-state index contributed by atoms with van der Waals surface area (Å²) in [6.07, 6.45) is -0.815. The normalized spacial score (nSPS) is 12.0. The molecule has 0 radical (unpaired) electrons. The van der Waals surface area contributed by atoms with E-state index < -0.39 is 11.7 Å². The lowest BCUT2D eigenvalue weighted by molar-refractivity contribution is -0.137. The maximum atomic E-state index is 12.6. The molecule has 0 spiro atoms. The van der Waals surface area contributed by atoms with Gasteiger partial charge < -0.3 is 0 Å². The molecule has 0 saturated carbocycles. The third-order valence-electron chi connectivity index (χ3n) is 3.38. The predicted molar refractivity (Wildman–Crippen MR) is 101 cm³/mol. The molecule has 3 rings (SSSR count). The summed E-state index contributed by atoms with van der Waals surface area (Å²) < 4.78 is 38.6. The minimum absolute atomic E-state index is 0.650. The molecule has 2 aromatic carbocycles. The third kappa shape index (κ3) is 4.51. The molecule has 25 heavy (non-hydrogen) atoms. The minimum Gasteiger partial charge on any atom is -0.235 e. The molecule has 0 atom stereocenters. The monoisotopic (exact) mass is 443 g/mol. The molecule has 7 heteroatoms. The summed E-state index contributed by atoms with van der Waals surface area (Å²) in [6.45, 7) is 0. The van der Waals surface area contributed by atoms with Gasteiger partial charge in [-0.1, -0.05) is 41.9 Å². The van der Waals surface area contributed by atoms with Gasteiger partial charge in [0, 0.05) is 10.6 Å². The van der Waals surface area contributed by atoms with Crippen molar-refractivity contribution in [2.24, 2.45) is 0 Å². The molecule has 1 aromatic heterocycles. The van der Waals surface area contributed by atoms with Crippen molar-refractivity contribution in [1.29, 1.82) is 0 Å². The average molecular weight is 445 g/mol. The number of aromatic nitrogens is 1. The number of benzene rings is 2. The van der Waals surface area contributed by atoms with E-state index in [2.05, 4.69) is 20.9 Å². The van der Waals surface area contributed by atoms with Crippen molar-refractivity contribution in [2.45, 2.75) is 6.18 Å². The van der Waals surface area contributed by atoms with Gasteiger partial charge >= 0.3 is 6.18 Å². The highest BCUT2D eigenvalue weighted by Gasteiger charge is 2.29. The first-order chi connectivity index (χ1) is 11.8.